The number of pyridine rings is 1. The summed E-state index contributed by atoms with van der Waals surface area (Å²) in [5, 5.41) is 0.539. The molecule has 0 radical (unpaired) electrons. The predicted octanol–water partition coefficient (Wildman–Crippen LogP) is 2.24. The minimum atomic E-state index is -0.478. The lowest BCUT2D eigenvalue weighted by molar-refractivity contribution is 0.0998. The molecule has 1 amide bonds. The number of nitrogens with zero attached hydrogens (tertiary/aromatic N) is 5. The van der Waals surface area contributed by atoms with Crippen LogP contribution in [0.15, 0.2) is 29.4 Å². The van der Waals surface area contributed by atoms with Crippen LogP contribution < -0.4 is 9.54 Å². The maximum absolute atomic E-state index is 12.1. The van der Waals surface area contributed by atoms with E-state index in [4.69, 9.17) is 27.9 Å². The predicted molar refractivity (Wildman–Crippen MR) is 81.6 cm³/mol. The second kappa shape index (κ2) is 5.99. The molecule has 0 aliphatic rings. The Morgan fingerprint density at radius 1 is 1.32 bits per heavy atom. The molecule has 22 heavy (non-hydrogen) atoms. The van der Waals surface area contributed by atoms with Crippen molar-refractivity contribution in [3.8, 4) is 5.88 Å². The highest BCUT2D eigenvalue weighted by atomic mass is 35.5. The van der Waals surface area contributed by atoms with Gasteiger partial charge in [0.2, 0.25) is 10.7 Å². The van der Waals surface area contributed by atoms with Crippen LogP contribution in [0, 0.1) is 0 Å². The van der Waals surface area contributed by atoms with E-state index >= 15 is 0 Å². The van der Waals surface area contributed by atoms with Gasteiger partial charge in [-0.15, -0.1) is 0 Å². The van der Waals surface area contributed by atoms with Gasteiger partial charge in [0.05, 0.1) is 12.7 Å². The molecule has 7 nitrogen and oxygen atoms in total. The van der Waals surface area contributed by atoms with E-state index in [1.807, 2.05) is 0 Å². The minimum Gasteiger partial charge on any atom is -0.481 e. The summed E-state index contributed by atoms with van der Waals surface area (Å²) in [6.45, 7) is 0. The van der Waals surface area contributed by atoms with Gasteiger partial charge >= 0.3 is 0 Å². The molecular weight excluding hydrogens is 349 g/mol. The number of hydrogen-bond donors (Lipinski definition) is 0. The van der Waals surface area contributed by atoms with E-state index in [1.165, 1.54) is 25.4 Å². The molecule has 0 N–H and O–H groups in total. The number of amides is 1. The van der Waals surface area contributed by atoms with Crippen LogP contribution in [0.2, 0.25) is 10.3 Å². The zero-order chi connectivity index (χ0) is 15.7. The van der Waals surface area contributed by atoms with Crippen LogP contribution >= 0.6 is 34.7 Å². The molecule has 3 aromatic heterocycles. The van der Waals surface area contributed by atoms with E-state index in [-0.39, 0.29) is 9.95 Å². The van der Waals surface area contributed by atoms with Gasteiger partial charge in [0, 0.05) is 12.3 Å². The monoisotopic (exact) mass is 355 g/mol. The normalized spacial score (nSPS) is 11.9. The molecule has 10 heteroatoms. The van der Waals surface area contributed by atoms with Crippen LogP contribution in [0.1, 0.15) is 10.4 Å². The highest BCUT2D eigenvalue weighted by molar-refractivity contribution is 7.03. The van der Waals surface area contributed by atoms with Gasteiger partial charge in [0.15, 0.2) is 0 Å². The molecule has 0 saturated heterocycles. The van der Waals surface area contributed by atoms with Crippen molar-refractivity contribution in [1.29, 1.82) is 0 Å². The Bertz CT molecular complexity index is 919. The van der Waals surface area contributed by atoms with Crippen molar-refractivity contribution < 1.29 is 9.53 Å². The third-order valence-corrected chi connectivity index (χ3v) is 3.87. The van der Waals surface area contributed by atoms with Gasteiger partial charge in [-0.05, 0) is 23.7 Å². The summed E-state index contributed by atoms with van der Waals surface area (Å²) in [5.41, 5.74) is 0.312. The van der Waals surface area contributed by atoms with E-state index in [0.717, 1.165) is 11.5 Å². The maximum Gasteiger partial charge on any atom is 0.281 e. The average Bonchev–Trinajstić information content (AvgIpc) is 2.89. The van der Waals surface area contributed by atoms with Crippen molar-refractivity contribution in [2.75, 3.05) is 7.11 Å². The molecule has 0 spiro atoms. The molecule has 3 aromatic rings. The molecule has 0 aliphatic carbocycles. The third-order valence-electron chi connectivity index (χ3n) is 2.58. The Kier molecular flexibility index (Phi) is 4.06. The van der Waals surface area contributed by atoms with Crippen molar-refractivity contribution >= 4 is 46.4 Å². The van der Waals surface area contributed by atoms with Gasteiger partial charge in [-0.25, -0.2) is 4.98 Å². The summed E-state index contributed by atoms with van der Waals surface area (Å²) in [6, 6.07) is 4.60. The molecule has 3 heterocycles. The lowest BCUT2D eigenvalue weighted by atomic mass is 10.3. The number of ether oxygens (including phenoxy) is 1. The topological polar surface area (TPSA) is 81.7 Å². The second-order valence-corrected chi connectivity index (χ2v) is 5.68. The number of methoxy groups -OCH3 is 1. The molecule has 0 fully saturated rings. The molecule has 0 aliphatic heterocycles. The summed E-state index contributed by atoms with van der Waals surface area (Å²) in [7, 11) is 1.50. The largest absolute Gasteiger partial charge is 0.481 e. The Balaban J connectivity index is 2.06. The van der Waals surface area contributed by atoms with Crippen LogP contribution in [0.25, 0.3) is 5.78 Å². The number of halogens is 2. The molecule has 0 atom stereocenters. The molecular formula is C12H7Cl2N5O2S. The zero-order valence-electron chi connectivity index (χ0n) is 11.0. The SMILES string of the molecule is COc1cc(Cl)nc2nc(=NC(=O)c3ccc(Cl)nc3)sn12. The van der Waals surface area contributed by atoms with Gasteiger partial charge in [-0.3, -0.25) is 4.79 Å². The molecule has 0 aromatic carbocycles. The number of fused-ring (bicyclic) bond motifs is 1. The van der Waals surface area contributed by atoms with Crippen LogP contribution in [0.5, 0.6) is 5.88 Å². The lowest BCUT2D eigenvalue weighted by Gasteiger charge is -2.00. The first-order chi connectivity index (χ1) is 10.6. The summed E-state index contributed by atoms with van der Waals surface area (Å²) >= 11 is 12.7. The fourth-order valence-electron chi connectivity index (χ4n) is 1.62. The Hall–Kier alpha value is -2.03. The first kappa shape index (κ1) is 14.9. The minimum absolute atomic E-state index is 0.230. The van der Waals surface area contributed by atoms with Crippen LogP contribution in [0.3, 0.4) is 0 Å². The fourth-order valence-corrected chi connectivity index (χ4v) is 2.69. The number of aromatic nitrogens is 4. The Labute approximate surface area is 138 Å². The van der Waals surface area contributed by atoms with Crippen LogP contribution in [0.4, 0.5) is 0 Å². The van der Waals surface area contributed by atoms with E-state index in [9.17, 15) is 4.79 Å². The molecule has 112 valence electrons. The van der Waals surface area contributed by atoms with E-state index in [2.05, 4.69) is 19.9 Å². The van der Waals surface area contributed by atoms with E-state index in [0.29, 0.717) is 22.4 Å². The summed E-state index contributed by atoms with van der Waals surface area (Å²) < 4.78 is 6.76. The number of hydrogen-bond acceptors (Lipinski definition) is 6. The van der Waals surface area contributed by atoms with Crippen molar-refractivity contribution in [2.24, 2.45) is 4.99 Å². The highest BCUT2D eigenvalue weighted by Gasteiger charge is 2.10. The Morgan fingerprint density at radius 3 is 2.82 bits per heavy atom. The number of carbonyl (C=O) groups is 1. The van der Waals surface area contributed by atoms with Gasteiger partial charge in [0.25, 0.3) is 11.7 Å². The first-order valence-corrected chi connectivity index (χ1v) is 7.41. The van der Waals surface area contributed by atoms with Gasteiger partial charge in [0.1, 0.15) is 10.3 Å². The third kappa shape index (κ3) is 2.94. The molecule has 0 saturated carbocycles. The maximum atomic E-state index is 12.1. The fraction of sp³-hybridized carbons (Fsp3) is 0.0833. The van der Waals surface area contributed by atoms with Crippen molar-refractivity contribution in [1.82, 2.24) is 18.7 Å². The molecule has 3 rings (SSSR count). The van der Waals surface area contributed by atoms with Crippen LogP contribution in [-0.2, 0) is 0 Å². The van der Waals surface area contributed by atoms with Crippen molar-refractivity contribution in [3.05, 3.63) is 45.1 Å². The van der Waals surface area contributed by atoms with Gasteiger partial charge in [-0.1, -0.05) is 23.2 Å². The van der Waals surface area contributed by atoms with Crippen molar-refractivity contribution in [2.45, 2.75) is 0 Å². The Morgan fingerprint density at radius 2 is 2.14 bits per heavy atom. The second-order valence-electron chi connectivity index (χ2n) is 3.99. The first-order valence-electron chi connectivity index (χ1n) is 5.88. The average molecular weight is 356 g/mol. The molecule has 0 unspecified atom stereocenters. The highest BCUT2D eigenvalue weighted by Crippen LogP contribution is 2.18. The smallest absolute Gasteiger partial charge is 0.281 e. The summed E-state index contributed by atoms with van der Waals surface area (Å²) in [6.07, 6.45) is 1.35. The van der Waals surface area contributed by atoms with Gasteiger partial charge in [-0.2, -0.15) is 18.8 Å². The number of carbonyl (C=O) groups excluding carboxylic acids is 1. The number of rotatable bonds is 2. The molecule has 0 bridgehead atoms. The van der Waals surface area contributed by atoms with Gasteiger partial charge < -0.3 is 4.74 Å². The summed E-state index contributed by atoms with van der Waals surface area (Å²) in [5.74, 6) is 0.276. The quantitative estimate of drug-likeness (QED) is 0.520. The summed E-state index contributed by atoms with van der Waals surface area (Å²) in [4.78, 5) is 28.2. The lowest BCUT2D eigenvalue weighted by Crippen LogP contribution is -2.05. The standard InChI is InChI=1S/C12H7Cl2N5O2S/c1-21-9-4-8(14)16-11-18-12(22-19(9)11)17-10(20)6-2-3-7(13)15-5-6/h2-5H,1H3. The van der Waals surface area contributed by atoms with E-state index in [1.54, 1.807) is 9.86 Å². The van der Waals surface area contributed by atoms with E-state index < -0.39 is 5.91 Å². The van der Waals surface area contributed by atoms with Crippen molar-refractivity contribution in [3.63, 3.8) is 0 Å². The van der Waals surface area contributed by atoms with Crippen LogP contribution in [-0.4, -0.2) is 31.8 Å². The zero-order valence-corrected chi connectivity index (χ0v) is 13.4.